The molecule has 0 aromatic rings. The zero-order valence-electron chi connectivity index (χ0n) is 3.77. The standard InChI is InChI=1S/CH6N2O2S3/c2-8(4,5)3-1(6)7/h1,3,6-7H,(H2,2,4,5). The van der Waals surface area contributed by atoms with E-state index in [0.29, 0.717) is 0 Å². The molecule has 50 valence electrons. The zero-order chi connectivity index (χ0) is 6.78. The first-order valence-corrected chi connectivity index (χ1v) is 4.16. The Hall–Kier alpha value is 0.570. The summed E-state index contributed by atoms with van der Waals surface area (Å²) in [6.45, 7) is 0. The van der Waals surface area contributed by atoms with Crippen molar-refractivity contribution >= 4 is 35.5 Å². The summed E-state index contributed by atoms with van der Waals surface area (Å²) >= 11 is 7.17. The summed E-state index contributed by atoms with van der Waals surface area (Å²) in [5.74, 6) is 0. The molecule has 7 heteroatoms. The fourth-order valence-corrected chi connectivity index (χ4v) is 1.32. The molecule has 0 atom stereocenters. The third kappa shape index (κ3) is 6.57. The van der Waals surface area contributed by atoms with Crippen molar-refractivity contribution in [3.8, 4) is 0 Å². The molecule has 3 N–H and O–H groups in total. The first-order chi connectivity index (χ1) is 3.42. The van der Waals surface area contributed by atoms with Gasteiger partial charge in [-0.15, -0.1) is 25.3 Å². The molecule has 0 aliphatic rings. The molecular weight excluding hydrogens is 168 g/mol. The van der Waals surface area contributed by atoms with Gasteiger partial charge in [-0.05, 0) is 0 Å². The molecule has 0 fully saturated rings. The zero-order valence-corrected chi connectivity index (χ0v) is 6.38. The maximum Gasteiger partial charge on any atom is 0.276 e. The maximum absolute atomic E-state index is 10.0. The number of thiol groups is 2. The van der Waals surface area contributed by atoms with Gasteiger partial charge in [-0.2, -0.15) is 13.1 Å². The average molecular weight is 174 g/mol. The summed E-state index contributed by atoms with van der Waals surface area (Å²) in [7, 11) is -3.63. The topological polar surface area (TPSA) is 72.2 Å². The van der Waals surface area contributed by atoms with Crippen LogP contribution in [0, 0.1) is 0 Å². The molecule has 0 saturated carbocycles. The highest BCUT2D eigenvalue weighted by Crippen LogP contribution is 1.93. The van der Waals surface area contributed by atoms with Gasteiger partial charge in [0.2, 0.25) is 0 Å². The smallest absolute Gasteiger partial charge is 0.216 e. The molecule has 0 rings (SSSR count). The molecule has 0 saturated heterocycles. The van der Waals surface area contributed by atoms with E-state index in [9.17, 15) is 8.42 Å². The van der Waals surface area contributed by atoms with Crippen LogP contribution >= 0.6 is 25.3 Å². The summed E-state index contributed by atoms with van der Waals surface area (Å²) in [4.78, 5) is 0. The van der Waals surface area contributed by atoms with Gasteiger partial charge in [0.25, 0.3) is 10.2 Å². The van der Waals surface area contributed by atoms with Crippen LogP contribution in [0.3, 0.4) is 0 Å². The molecular formula is CH6N2O2S3. The quantitative estimate of drug-likeness (QED) is 0.318. The molecule has 0 aromatic heterocycles. The Labute approximate surface area is 58.8 Å². The Morgan fingerprint density at radius 3 is 1.88 bits per heavy atom. The summed E-state index contributed by atoms with van der Waals surface area (Å²) in [5.41, 5.74) is 0. The fourth-order valence-electron chi connectivity index (χ4n) is 0.147. The molecule has 0 aliphatic carbocycles. The average Bonchev–Trinajstić information content (AvgIpc) is 1.21. The first kappa shape index (κ1) is 8.57. The van der Waals surface area contributed by atoms with E-state index in [4.69, 9.17) is 0 Å². The third-order valence-electron chi connectivity index (χ3n) is 0.270. The Balaban J connectivity index is 3.75. The molecule has 0 bridgehead atoms. The van der Waals surface area contributed by atoms with Crippen LogP contribution in [0.1, 0.15) is 0 Å². The largest absolute Gasteiger partial charge is 0.276 e. The predicted molar refractivity (Wildman–Crippen MR) is 38.0 cm³/mol. The normalized spacial score (nSPS) is 12.5. The minimum Gasteiger partial charge on any atom is -0.216 e. The van der Waals surface area contributed by atoms with Gasteiger partial charge < -0.3 is 0 Å². The van der Waals surface area contributed by atoms with Crippen LogP contribution in [0.5, 0.6) is 0 Å². The van der Waals surface area contributed by atoms with Gasteiger partial charge in [0, 0.05) is 0 Å². The van der Waals surface area contributed by atoms with Crippen LogP contribution in [0.2, 0.25) is 0 Å². The molecule has 8 heavy (non-hydrogen) atoms. The van der Waals surface area contributed by atoms with E-state index in [1.54, 1.807) is 0 Å². The summed E-state index contributed by atoms with van der Waals surface area (Å²) in [6, 6.07) is 0. The van der Waals surface area contributed by atoms with Crippen LogP contribution in [0.4, 0.5) is 0 Å². The number of rotatable bonds is 2. The third-order valence-corrected chi connectivity index (χ3v) is 1.44. The van der Waals surface area contributed by atoms with E-state index < -0.39 is 14.9 Å². The van der Waals surface area contributed by atoms with Crippen LogP contribution in [0.25, 0.3) is 0 Å². The number of hydrogen-bond acceptors (Lipinski definition) is 4. The molecule has 0 aliphatic heterocycles. The van der Waals surface area contributed by atoms with Gasteiger partial charge in [0.1, 0.15) is 4.71 Å². The minimum absolute atomic E-state index is 0.731. The van der Waals surface area contributed by atoms with Crippen molar-refractivity contribution in [2.75, 3.05) is 0 Å². The van der Waals surface area contributed by atoms with Crippen molar-refractivity contribution in [1.29, 1.82) is 0 Å². The van der Waals surface area contributed by atoms with Crippen molar-refractivity contribution in [2.45, 2.75) is 4.71 Å². The van der Waals surface area contributed by atoms with Crippen molar-refractivity contribution in [3.63, 3.8) is 0 Å². The highest BCUT2D eigenvalue weighted by atomic mass is 32.2. The SMILES string of the molecule is NS(=O)(=O)NC(S)S. The maximum atomic E-state index is 10.0. The van der Waals surface area contributed by atoms with Gasteiger partial charge in [-0.3, -0.25) is 0 Å². The highest BCUT2D eigenvalue weighted by molar-refractivity contribution is 8.00. The summed E-state index contributed by atoms with van der Waals surface area (Å²) in [6.07, 6.45) is 0. The lowest BCUT2D eigenvalue weighted by molar-refractivity contribution is 0.588. The van der Waals surface area contributed by atoms with Crippen LogP contribution in [0.15, 0.2) is 0 Å². The number of nitrogens with two attached hydrogens (primary N) is 1. The van der Waals surface area contributed by atoms with Crippen LogP contribution < -0.4 is 9.86 Å². The monoisotopic (exact) mass is 174 g/mol. The summed E-state index contributed by atoms with van der Waals surface area (Å²) in [5, 5.41) is 4.50. The van der Waals surface area contributed by atoms with Gasteiger partial charge in [-0.1, -0.05) is 0 Å². The van der Waals surface area contributed by atoms with Crippen LogP contribution in [-0.4, -0.2) is 13.1 Å². The van der Waals surface area contributed by atoms with Gasteiger partial charge in [0.15, 0.2) is 0 Å². The Kier molecular flexibility index (Phi) is 3.13. The second kappa shape index (κ2) is 2.92. The molecule has 0 radical (unpaired) electrons. The van der Waals surface area contributed by atoms with E-state index in [0.717, 1.165) is 0 Å². The van der Waals surface area contributed by atoms with Crippen molar-refractivity contribution < 1.29 is 8.42 Å². The molecule has 0 amide bonds. The van der Waals surface area contributed by atoms with Gasteiger partial charge in [0.05, 0.1) is 0 Å². The number of hydrogen-bond donors (Lipinski definition) is 4. The first-order valence-electron chi connectivity index (χ1n) is 1.58. The van der Waals surface area contributed by atoms with Crippen molar-refractivity contribution in [1.82, 2.24) is 4.72 Å². The number of nitrogens with one attached hydrogen (secondary N) is 1. The van der Waals surface area contributed by atoms with E-state index >= 15 is 0 Å². The van der Waals surface area contributed by atoms with E-state index in [1.807, 2.05) is 4.72 Å². The molecule has 0 unspecified atom stereocenters. The Morgan fingerprint density at radius 2 is 1.88 bits per heavy atom. The minimum atomic E-state index is -3.63. The highest BCUT2D eigenvalue weighted by Gasteiger charge is 2.02. The molecule has 0 aromatic carbocycles. The summed E-state index contributed by atoms with van der Waals surface area (Å²) < 4.78 is 21.1. The predicted octanol–water partition coefficient (Wildman–Crippen LogP) is -1.08. The van der Waals surface area contributed by atoms with E-state index in [2.05, 4.69) is 30.4 Å². The second-order valence-electron chi connectivity index (χ2n) is 1.04. The lowest BCUT2D eigenvalue weighted by Crippen LogP contribution is -2.33. The second-order valence-corrected chi connectivity index (χ2v) is 3.80. The van der Waals surface area contributed by atoms with Crippen LogP contribution in [-0.2, 0) is 10.2 Å². The molecule has 4 nitrogen and oxygen atoms in total. The van der Waals surface area contributed by atoms with E-state index in [-0.39, 0.29) is 0 Å². The Bertz CT molecular complexity index is 149. The molecule has 0 spiro atoms. The van der Waals surface area contributed by atoms with Crippen molar-refractivity contribution in [3.05, 3.63) is 0 Å². The lowest BCUT2D eigenvalue weighted by Gasteiger charge is -2.00. The Morgan fingerprint density at radius 1 is 1.50 bits per heavy atom. The van der Waals surface area contributed by atoms with Crippen molar-refractivity contribution in [2.24, 2.45) is 5.14 Å². The molecule has 0 heterocycles. The van der Waals surface area contributed by atoms with Gasteiger partial charge in [-0.25, -0.2) is 5.14 Å². The van der Waals surface area contributed by atoms with E-state index in [1.165, 1.54) is 0 Å². The van der Waals surface area contributed by atoms with Gasteiger partial charge >= 0.3 is 0 Å². The lowest BCUT2D eigenvalue weighted by atomic mass is 11.5. The fraction of sp³-hybridized carbons (Fsp3) is 1.00.